The molecule has 2 aliphatic heterocycles. The number of amides is 1. The number of benzene rings is 1. The monoisotopic (exact) mass is 260 g/mol. The highest BCUT2D eigenvalue weighted by atomic mass is 16.5. The zero-order valence-corrected chi connectivity index (χ0v) is 11.3. The number of nitrogens with one attached hydrogen (secondary N) is 1. The predicted molar refractivity (Wildman–Crippen MR) is 74.4 cm³/mol. The molecule has 1 amide bonds. The number of anilines is 1. The fourth-order valence-electron chi connectivity index (χ4n) is 2.90. The average molecular weight is 260 g/mol. The van der Waals surface area contributed by atoms with E-state index in [9.17, 15) is 4.79 Å². The topological polar surface area (TPSA) is 41.6 Å². The molecule has 19 heavy (non-hydrogen) atoms. The van der Waals surface area contributed by atoms with Crippen molar-refractivity contribution in [1.82, 2.24) is 4.90 Å². The second-order valence-corrected chi connectivity index (χ2v) is 5.28. The minimum atomic E-state index is 0.128. The zero-order chi connectivity index (χ0) is 13.2. The number of rotatable bonds is 3. The zero-order valence-electron chi connectivity index (χ0n) is 11.3. The van der Waals surface area contributed by atoms with Crippen LogP contribution in [0.15, 0.2) is 24.3 Å². The van der Waals surface area contributed by atoms with E-state index in [0.29, 0.717) is 0 Å². The summed E-state index contributed by atoms with van der Waals surface area (Å²) in [5, 5.41) is 3.23. The number of carbonyl (C=O) groups excluding carboxylic acids is 1. The highest BCUT2D eigenvalue weighted by Crippen LogP contribution is 2.27. The molecule has 102 valence electrons. The van der Waals surface area contributed by atoms with Crippen molar-refractivity contribution in [2.45, 2.75) is 32.0 Å². The molecule has 0 radical (unpaired) electrons. The number of morpholine rings is 1. The van der Waals surface area contributed by atoms with Gasteiger partial charge in [-0.25, -0.2) is 0 Å². The molecule has 2 bridgehead atoms. The van der Waals surface area contributed by atoms with E-state index in [2.05, 4.69) is 12.2 Å². The van der Waals surface area contributed by atoms with Gasteiger partial charge in [-0.2, -0.15) is 0 Å². The molecule has 2 heterocycles. The summed E-state index contributed by atoms with van der Waals surface area (Å²) in [6.07, 6.45) is 2.69. The number of carbonyl (C=O) groups is 1. The quantitative estimate of drug-likeness (QED) is 0.905. The Balaban J connectivity index is 1.69. The molecule has 0 saturated carbocycles. The lowest BCUT2D eigenvalue weighted by Crippen LogP contribution is -2.45. The van der Waals surface area contributed by atoms with Gasteiger partial charge in [-0.1, -0.05) is 0 Å². The Morgan fingerprint density at radius 3 is 2.47 bits per heavy atom. The van der Waals surface area contributed by atoms with Crippen LogP contribution in [0.25, 0.3) is 0 Å². The van der Waals surface area contributed by atoms with Gasteiger partial charge in [0.2, 0.25) is 0 Å². The first-order chi connectivity index (χ1) is 9.26. The van der Waals surface area contributed by atoms with Gasteiger partial charge in [-0.3, -0.25) is 4.79 Å². The van der Waals surface area contributed by atoms with Gasteiger partial charge >= 0.3 is 0 Å². The lowest BCUT2D eigenvalue weighted by Gasteiger charge is -2.32. The van der Waals surface area contributed by atoms with Crippen LogP contribution in [-0.4, -0.2) is 42.6 Å². The number of hydrogen-bond donors (Lipinski definition) is 1. The summed E-state index contributed by atoms with van der Waals surface area (Å²) in [5.41, 5.74) is 1.82. The molecule has 0 aliphatic carbocycles. The molecular formula is C15H20N2O2. The molecule has 2 aliphatic rings. The van der Waals surface area contributed by atoms with Crippen LogP contribution in [0.3, 0.4) is 0 Å². The number of nitrogens with zero attached hydrogens (tertiary/aromatic N) is 1. The minimum absolute atomic E-state index is 0.128. The SMILES string of the molecule is CCNc1ccc(C(=O)N2CC3CCC(C2)O3)cc1. The van der Waals surface area contributed by atoms with Crippen molar-refractivity contribution in [3.63, 3.8) is 0 Å². The maximum atomic E-state index is 12.4. The van der Waals surface area contributed by atoms with Gasteiger partial charge in [0.15, 0.2) is 0 Å². The highest BCUT2D eigenvalue weighted by Gasteiger charge is 2.35. The van der Waals surface area contributed by atoms with E-state index in [1.165, 1.54) is 0 Å². The Morgan fingerprint density at radius 1 is 1.26 bits per heavy atom. The first kappa shape index (κ1) is 12.5. The third-order valence-electron chi connectivity index (χ3n) is 3.84. The summed E-state index contributed by atoms with van der Waals surface area (Å²) in [7, 11) is 0. The molecule has 2 unspecified atom stereocenters. The molecular weight excluding hydrogens is 240 g/mol. The fraction of sp³-hybridized carbons (Fsp3) is 0.533. The molecule has 3 rings (SSSR count). The van der Waals surface area contributed by atoms with E-state index in [0.717, 1.165) is 43.7 Å². The molecule has 4 heteroatoms. The molecule has 2 atom stereocenters. The predicted octanol–water partition coefficient (Wildman–Crippen LogP) is 2.12. The number of hydrogen-bond acceptors (Lipinski definition) is 3. The molecule has 1 aromatic carbocycles. The van der Waals surface area contributed by atoms with Crippen molar-refractivity contribution in [3.8, 4) is 0 Å². The number of fused-ring (bicyclic) bond motifs is 2. The van der Waals surface area contributed by atoms with Crippen molar-refractivity contribution in [3.05, 3.63) is 29.8 Å². The summed E-state index contributed by atoms with van der Waals surface area (Å²) in [4.78, 5) is 14.4. The van der Waals surface area contributed by atoms with Crippen molar-refractivity contribution in [1.29, 1.82) is 0 Å². The molecule has 1 aromatic rings. The van der Waals surface area contributed by atoms with E-state index in [1.54, 1.807) is 0 Å². The summed E-state index contributed by atoms with van der Waals surface area (Å²) >= 11 is 0. The molecule has 1 N–H and O–H groups in total. The van der Waals surface area contributed by atoms with Gasteiger partial charge in [0.25, 0.3) is 5.91 Å². The average Bonchev–Trinajstić information content (AvgIpc) is 2.78. The molecule has 0 aromatic heterocycles. The maximum absolute atomic E-state index is 12.4. The van der Waals surface area contributed by atoms with E-state index in [-0.39, 0.29) is 18.1 Å². The Bertz CT molecular complexity index is 446. The summed E-state index contributed by atoms with van der Waals surface area (Å²) in [6.45, 7) is 4.43. The van der Waals surface area contributed by atoms with E-state index >= 15 is 0 Å². The van der Waals surface area contributed by atoms with Gasteiger partial charge in [0.05, 0.1) is 12.2 Å². The Morgan fingerprint density at radius 2 is 1.89 bits per heavy atom. The van der Waals surface area contributed by atoms with Gasteiger partial charge < -0.3 is 15.0 Å². The van der Waals surface area contributed by atoms with Crippen LogP contribution in [-0.2, 0) is 4.74 Å². The van der Waals surface area contributed by atoms with Crippen LogP contribution in [0.2, 0.25) is 0 Å². The van der Waals surface area contributed by atoms with Gasteiger partial charge in [-0.05, 0) is 44.0 Å². The Labute approximate surface area is 113 Å². The summed E-state index contributed by atoms with van der Waals surface area (Å²) in [5.74, 6) is 0.128. The highest BCUT2D eigenvalue weighted by molar-refractivity contribution is 5.94. The molecule has 0 spiro atoms. The lowest BCUT2D eigenvalue weighted by molar-refractivity contribution is -0.0303. The molecule has 2 saturated heterocycles. The third kappa shape index (κ3) is 2.59. The van der Waals surface area contributed by atoms with Crippen molar-refractivity contribution in [2.24, 2.45) is 0 Å². The second kappa shape index (κ2) is 5.21. The van der Waals surface area contributed by atoms with E-state index in [4.69, 9.17) is 4.74 Å². The summed E-state index contributed by atoms with van der Waals surface area (Å²) < 4.78 is 5.76. The standard InChI is InChI=1S/C15H20N2O2/c1-2-16-12-5-3-11(4-6-12)15(18)17-9-13-7-8-14(10-17)19-13/h3-6,13-14,16H,2,7-10H2,1H3. The Hall–Kier alpha value is -1.55. The van der Waals surface area contributed by atoms with Crippen LogP contribution in [0, 0.1) is 0 Å². The van der Waals surface area contributed by atoms with Crippen LogP contribution in [0.4, 0.5) is 5.69 Å². The summed E-state index contributed by atoms with van der Waals surface area (Å²) in [6, 6.07) is 7.73. The fourth-order valence-corrected chi connectivity index (χ4v) is 2.90. The maximum Gasteiger partial charge on any atom is 0.254 e. The van der Waals surface area contributed by atoms with Crippen LogP contribution in [0.5, 0.6) is 0 Å². The van der Waals surface area contributed by atoms with Crippen LogP contribution < -0.4 is 5.32 Å². The third-order valence-corrected chi connectivity index (χ3v) is 3.84. The largest absolute Gasteiger partial charge is 0.385 e. The second-order valence-electron chi connectivity index (χ2n) is 5.28. The van der Waals surface area contributed by atoms with E-state index in [1.807, 2.05) is 29.2 Å². The molecule has 4 nitrogen and oxygen atoms in total. The number of ether oxygens (including phenoxy) is 1. The smallest absolute Gasteiger partial charge is 0.254 e. The van der Waals surface area contributed by atoms with Crippen LogP contribution in [0.1, 0.15) is 30.1 Å². The minimum Gasteiger partial charge on any atom is -0.385 e. The first-order valence-electron chi connectivity index (χ1n) is 7.05. The van der Waals surface area contributed by atoms with Crippen molar-refractivity contribution < 1.29 is 9.53 Å². The van der Waals surface area contributed by atoms with Gasteiger partial charge in [-0.15, -0.1) is 0 Å². The van der Waals surface area contributed by atoms with Gasteiger partial charge in [0, 0.05) is 30.9 Å². The van der Waals surface area contributed by atoms with Crippen molar-refractivity contribution in [2.75, 3.05) is 25.0 Å². The normalized spacial score (nSPS) is 25.4. The first-order valence-corrected chi connectivity index (χ1v) is 7.05. The van der Waals surface area contributed by atoms with E-state index < -0.39 is 0 Å². The number of likely N-dealkylation sites (tertiary alicyclic amines) is 1. The van der Waals surface area contributed by atoms with Crippen LogP contribution >= 0.6 is 0 Å². The van der Waals surface area contributed by atoms with Gasteiger partial charge in [0.1, 0.15) is 0 Å². The lowest BCUT2D eigenvalue weighted by atomic mass is 10.1. The molecule has 2 fully saturated rings. The van der Waals surface area contributed by atoms with Crippen molar-refractivity contribution >= 4 is 11.6 Å². The Kier molecular flexibility index (Phi) is 3.42.